The monoisotopic (exact) mass is 335 g/mol. The van der Waals surface area contributed by atoms with Crippen LogP contribution in [0, 0.1) is 0 Å². The van der Waals surface area contributed by atoms with Crippen LogP contribution in [0.1, 0.15) is 27.7 Å². The zero-order valence-electron chi connectivity index (χ0n) is 13.4. The summed E-state index contributed by atoms with van der Waals surface area (Å²) in [5.74, 6) is 0.436. The van der Waals surface area contributed by atoms with Gasteiger partial charge in [0.2, 0.25) is 0 Å². The zero-order valence-corrected chi connectivity index (χ0v) is 13.4. The van der Waals surface area contributed by atoms with Gasteiger partial charge in [-0.05, 0) is 17.7 Å². The average molecular weight is 335 g/mol. The van der Waals surface area contributed by atoms with Crippen LogP contribution in [0.2, 0.25) is 0 Å². The van der Waals surface area contributed by atoms with Crippen molar-refractivity contribution in [3.8, 4) is 17.0 Å². The summed E-state index contributed by atoms with van der Waals surface area (Å²) in [5, 5.41) is 19.6. The maximum atomic E-state index is 12.7. The van der Waals surface area contributed by atoms with Crippen LogP contribution in [0.5, 0.6) is 5.75 Å². The maximum absolute atomic E-state index is 12.7. The van der Waals surface area contributed by atoms with E-state index in [9.17, 15) is 9.90 Å². The SMILES string of the molecule is O=C(NC(CO)c1ccccc1)c1[nH]nc2c1COc1ccccc1-2. The maximum Gasteiger partial charge on any atom is 0.270 e. The van der Waals surface area contributed by atoms with Crippen molar-refractivity contribution < 1.29 is 14.6 Å². The number of hydrogen-bond donors (Lipinski definition) is 3. The molecule has 6 nitrogen and oxygen atoms in total. The Morgan fingerprint density at radius 2 is 1.96 bits per heavy atom. The molecule has 3 aromatic rings. The number of aliphatic hydroxyl groups excluding tert-OH is 1. The summed E-state index contributed by atoms with van der Waals surface area (Å²) in [5.41, 5.74) is 3.52. The number of para-hydroxylation sites is 1. The first-order valence-corrected chi connectivity index (χ1v) is 8.04. The van der Waals surface area contributed by atoms with E-state index >= 15 is 0 Å². The molecule has 1 aromatic heterocycles. The van der Waals surface area contributed by atoms with Crippen molar-refractivity contribution in [3.63, 3.8) is 0 Å². The Kier molecular flexibility index (Phi) is 3.95. The first kappa shape index (κ1) is 15.4. The Morgan fingerprint density at radius 3 is 2.76 bits per heavy atom. The Hall–Kier alpha value is -3.12. The van der Waals surface area contributed by atoms with Gasteiger partial charge in [0.25, 0.3) is 5.91 Å². The summed E-state index contributed by atoms with van der Waals surface area (Å²) < 4.78 is 5.73. The Morgan fingerprint density at radius 1 is 1.20 bits per heavy atom. The fourth-order valence-electron chi connectivity index (χ4n) is 3.00. The topological polar surface area (TPSA) is 87.2 Å². The van der Waals surface area contributed by atoms with Gasteiger partial charge in [0.05, 0.1) is 12.6 Å². The van der Waals surface area contributed by atoms with Crippen molar-refractivity contribution in [1.82, 2.24) is 15.5 Å². The van der Waals surface area contributed by atoms with E-state index in [4.69, 9.17) is 4.74 Å². The number of nitrogens with zero attached hydrogens (tertiary/aromatic N) is 1. The Bertz CT molecular complexity index is 905. The number of carbonyl (C=O) groups is 1. The molecule has 0 saturated carbocycles. The summed E-state index contributed by atoms with van der Waals surface area (Å²) in [6, 6.07) is 16.5. The minimum atomic E-state index is -0.482. The van der Waals surface area contributed by atoms with Gasteiger partial charge in [0.1, 0.15) is 23.7 Å². The summed E-state index contributed by atoms with van der Waals surface area (Å²) in [7, 11) is 0. The molecule has 0 aliphatic carbocycles. The van der Waals surface area contributed by atoms with Crippen LogP contribution in [0.25, 0.3) is 11.3 Å². The van der Waals surface area contributed by atoms with Gasteiger partial charge in [-0.3, -0.25) is 9.89 Å². The van der Waals surface area contributed by atoms with Crippen molar-refractivity contribution in [2.45, 2.75) is 12.6 Å². The molecular formula is C19H17N3O3. The molecule has 1 amide bonds. The van der Waals surface area contributed by atoms with Gasteiger partial charge in [-0.2, -0.15) is 5.10 Å². The quantitative estimate of drug-likeness (QED) is 0.683. The third-order valence-electron chi connectivity index (χ3n) is 4.30. The van der Waals surface area contributed by atoms with Crippen molar-refractivity contribution in [2.24, 2.45) is 0 Å². The number of fused-ring (bicyclic) bond motifs is 3. The molecule has 2 aromatic carbocycles. The van der Waals surface area contributed by atoms with Gasteiger partial charge in [0.15, 0.2) is 0 Å². The number of hydrogen-bond acceptors (Lipinski definition) is 4. The molecule has 2 heterocycles. The minimum Gasteiger partial charge on any atom is -0.488 e. The fraction of sp³-hybridized carbons (Fsp3) is 0.158. The molecule has 1 aliphatic rings. The normalized spacial score (nSPS) is 13.3. The molecule has 3 N–H and O–H groups in total. The lowest BCUT2D eigenvalue weighted by Gasteiger charge is -2.19. The van der Waals surface area contributed by atoms with Crippen LogP contribution in [-0.2, 0) is 6.61 Å². The lowest BCUT2D eigenvalue weighted by atomic mass is 10.0. The smallest absolute Gasteiger partial charge is 0.270 e. The van der Waals surface area contributed by atoms with Crippen LogP contribution in [-0.4, -0.2) is 27.8 Å². The predicted octanol–water partition coefficient (Wildman–Crippen LogP) is 2.43. The minimum absolute atomic E-state index is 0.189. The summed E-state index contributed by atoms with van der Waals surface area (Å²) >= 11 is 0. The van der Waals surface area contributed by atoms with E-state index < -0.39 is 6.04 Å². The fourth-order valence-corrected chi connectivity index (χ4v) is 3.00. The molecule has 126 valence electrons. The third kappa shape index (κ3) is 2.77. The molecular weight excluding hydrogens is 318 g/mol. The van der Waals surface area contributed by atoms with Crippen LogP contribution in [0.4, 0.5) is 0 Å². The van der Waals surface area contributed by atoms with Crippen molar-refractivity contribution >= 4 is 5.91 Å². The van der Waals surface area contributed by atoms with E-state index in [1.807, 2.05) is 54.6 Å². The van der Waals surface area contributed by atoms with Crippen LogP contribution >= 0.6 is 0 Å². The number of rotatable bonds is 4. The highest BCUT2D eigenvalue weighted by atomic mass is 16.5. The number of ether oxygens (including phenoxy) is 1. The standard InChI is InChI=1S/C19H17N3O3/c23-10-15(12-6-2-1-3-7-12)20-19(24)18-14-11-25-16-9-5-4-8-13(16)17(14)21-22-18/h1-9,15,23H,10-11H2,(H,20,24)(H,21,22). The molecule has 0 radical (unpaired) electrons. The molecule has 0 spiro atoms. The molecule has 1 unspecified atom stereocenters. The second-order valence-electron chi connectivity index (χ2n) is 5.83. The molecule has 6 heteroatoms. The van der Waals surface area contributed by atoms with Crippen LogP contribution in [0.15, 0.2) is 54.6 Å². The lowest BCUT2D eigenvalue weighted by Crippen LogP contribution is -2.31. The van der Waals surface area contributed by atoms with Gasteiger partial charge in [-0.15, -0.1) is 0 Å². The first-order chi connectivity index (χ1) is 12.3. The summed E-state index contributed by atoms with van der Waals surface area (Å²) in [6.45, 7) is 0.0894. The van der Waals surface area contributed by atoms with Crippen molar-refractivity contribution in [3.05, 3.63) is 71.4 Å². The molecule has 1 aliphatic heterocycles. The highest BCUT2D eigenvalue weighted by molar-refractivity contribution is 5.96. The largest absolute Gasteiger partial charge is 0.488 e. The molecule has 0 bridgehead atoms. The van der Waals surface area contributed by atoms with Gasteiger partial charge in [-0.25, -0.2) is 0 Å². The molecule has 0 saturated heterocycles. The number of aromatic amines is 1. The van der Waals surface area contributed by atoms with E-state index in [2.05, 4.69) is 15.5 Å². The van der Waals surface area contributed by atoms with E-state index in [-0.39, 0.29) is 19.1 Å². The van der Waals surface area contributed by atoms with Crippen molar-refractivity contribution in [1.29, 1.82) is 0 Å². The number of carbonyl (C=O) groups excluding carboxylic acids is 1. The van der Waals surface area contributed by atoms with Crippen molar-refractivity contribution in [2.75, 3.05) is 6.61 Å². The van der Waals surface area contributed by atoms with E-state index in [0.29, 0.717) is 5.69 Å². The first-order valence-electron chi connectivity index (χ1n) is 8.04. The average Bonchev–Trinajstić information content (AvgIpc) is 3.11. The lowest BCUT2D eigenvalue weighted by molar-refractivity contribution is 0.0908. The van der Waals surface area contributed by atoms with Gasteiger partial charge in [0, 0.05) is 11.1 Å². The molecule has 1 atom stereocenters. The number of H-pyrrole nitrogens is 1. The second kappa shape index (κ2) is 6.41. The number of aliphatic hydroxyl groups is 1. The highest BCUT2D eigenvalue weighted by Gasteiger charge is 2.27. The zero-order chi connectivity index (χ0) is 17.2. The molecule has 0 fully saturated rings. The number of benzene rings is 2. The Balaban J connectivity index is 1.61. The number of amides is 1. The summed E-state index contributed by atoms with van der Waals surface area (Å²) in [4.78, 5) is 12.7. The number of aromatic nitrogens is 2. The van der Waals surface area contributed by atoms with Gasteiger partial charge < -0.3 is 15.2 Å². The van der Waals surface area contributed by atoms with E-state index in [0.717, 1.165) is 28.1 Å². The molecule has 25 heavy (non-hydrogen) atoms. The van der Waals surface area contributed by atoms with Crippen LogP contribution < -0.4 is 10.1 Å². The second-order valence-corrected chi connectivity index (χ2v) is 5.83. The third-order valence-corrected chi connectivity index (χ3v) is 4.30. The Labute approximate surface area is 144 Å². The number of nitrogens with one attached hydrogen (secondary N) is 2. The van der Waals surface area contributed by atoms with Crippen LogP contribution in [0.3, 0.4) is 0 Å². The van der Waals surface area contributed by atoms with E-state index in [1.54, 1.807) is 0 Å². The highest BCUT2D eigenvalue weighted by Crippen LogP contribution is 2.37. The summed E-state index contributed by atoms with van der Waals surface area (Å²) in [6.07, 6.45) is 0. The predicted molar refractivity (Wildman–Crippen MR) is 92.1 cm³/mol. The van der Waals surface area contributed by atoms with Gasteiger partial charge >= 0.3 is 0 Å². The molecule has 4 rings (SSSR count). The van der Waals surface area contributed by atoms with E-state index in [1.165, 1.54) is 0 Å². The van der Waals surface area contributed by atoms with Gasteiger partial charge in [-0.1, -0.05) is 42.5 Å².